The molecule has 0 bridgehead atoms. The lowest BCUT2D eigenvalue weighted by Gasteiger charge is -2.45. The number of carbonyl (C=O) groups is 2. The largest absolute Gasteiger partial charge is 0.456 e. The van der Waals surface area contributed by atoms with Crippen molar-refractivity contribution < 1.29 is 24.5 Å². The maximum absolute atomic E-state index is 12.5. The van der Waals surface area contributed by atoms with E-state index < -0.39 is 6.10 Å². The van der Waals surface area contributed by atoms with Crippen molar-refractivity contribution in [3.63, 3.8) is 0 Å². The molecule has 2 aliphatic rings. The molecule has 0 unspecified atom stereocenters. The fourth-order valence-electron chi connectivity index (χ4n) is 8.28. The lowest BCUT2D eigenvalue weighted by molar-refractivity contribution is -0.151. The Bertz CT molecular complexity index is 1180. The maximum Gasteiger partial charge on any atom is 0.306 e. The molecule has 2 saturated carbocycles. The molecule has 5 atom stereocenters. The Hall–Kier alpha value is -2.15. The van der Waals surface area contributed by atoms with Gasteiger partial charge in [0.05, 0.1) is 12.2 Å². The van der Waals surface area contributed by atoms with Gasteiger partial charge in [-0.25, -0.2) is 0 Å². The number of unbranched alkanes of at least 4 members (excludes halogenated alkanes) is 13. The van der Waals surface area contributed by atoms with Crippen LogP contribution in [0.25, 0.3) is 0 Å². The highest BCUT2D eigenvalue weighted by Gasteiger charge is 2.42. The minimum absolute atomic E-state index is 0.0139. The molecule has 300 valence electrons. The molecule has 0 aliphatic heterocycles. The Kier molecular flexibility index (Phi) is 22.7. The molecular weight excluding hydrogens is 682 g/mol. The Morgan fingerprint density at radius 2 is 1.53 bits per heavy atom. The van der Waals surface area contributed by atoms with Crippen LogP contribution in [0.3, 0.4) is 0 Å². The number of alkyl halides is 1. The van der Waals surface area contributed by atoms with Crippen LogP contribution in [0.1, 0.15) is 160 Å². The van der Waals surface area contributed by atoms with E-state index in [1.807, 2.05) is 0 Å². The quantitative estimate of drug-likeness (QED) is 0.0368. The first kappa shape index (κ1) is 45.2. The first-order valence-corrected chi connectivity index (χ1v) is 21.9. The summed E-state index contributed by atoms with van der Waals surface area (Å²) < 4.78 is 5.26. The van der Waals surface area contributed by atoms with Crippen LogP contribution in [0, 0.1) is 17.3 Å². The van der Waals surface area contributed by atoms with E-state index in [0.29, 0.717) is 25.8 Å². The number of amides is 1. The van der Waals surface area contributed by atoms with Crippen molar-refractivity contribution >= 4 is 23.5 Å². The number of ether oxygens (including phenoxy) is 1. The van der Waals surface area contributed by atoms with Crippen molar-refractivity contribution in [2.24, 2.45) is 17.3 Å². The summed E-state index contributed by atoms with van der Waals surface area (Å²) in [4.78, 5) is 26.4. The van der Waals surface area contributed by atoms with Gasteiger partial charge in [-0.3, -0.25) is 9.59 Å². The predicted octanol–water partition coefficient (Wildman–Crippen LogP) is 10.9. The molecule has 0 aromatic heterocycles. The van der Waals surface area contributed by atoms with Crippen LogP contribution in [-0.4, -0.2) is 64.8 Å². The van der Waals surface area contributed by atoms with Gasteiger partial charge in [-0.1, -0.05) is 139 Å². The molecule has 2 N–H and O–H groups in total. The van der Waals surface area contributed by atoms with Crippen LogP contribution in [0.15, 0.2) is 54.6 Å². The molecule has 0 spiro atoms. The Balaban J connectivity index is 1.12. The summed E-state index contributed by atoms with van der Waals surface area (Å²) in [7, 11) is 1.79. The summed E-state index contributed by atoms with van der Waals surface area (Å²) in [5.41, 5.74) is 1.54. The van der Waals surface area contributed by atoms with Gasteiger partial charge in [-0.15, -0.1) is 11.6 Å². The number of allylic oxidation sites excluding steroid dienone is 2. The van der Waals surface area contributed by atoms with E-state index in [-0.39, 0.29) is 53.6 Å². The second kappa shape index (κ2) is 26.6. The summed E-state index contributed by atoms with van der Waals surface area (Å²) in [6.07, 6.45) is 33.5. The molecular formula is C46H74ClNO5. The standard InChI is InChI=1S/C46H74ClNO5/c1-3-46(33-25-34-46)43(50)31-24-30-40-39(41(47)36-42(40)49)29-21-14-15-22-32-45(52)53-37-44(51)48(2)35-23-16-12-10-8-6-4-5-7-9-11-13-18-26-38-27-19-17-20-28-38/h14,17,19-21,24,27-28,30,39-43,49-50H,3-13,15-16,18,22-23,25-26,29,31-37H2,1-2H3/t39-,40-,41-,42-,43+/m1/s1. The number of aliphatic hydroxyl groups excluding tert-OH is 2. The van der Waals surface area contributed by atoms with Crippen molar-refractivity contribution in [1.29, 1.82) is 0 Å². The maximum atomic E-state index is 12.5. The van der Waals surface area contributed by atoms with E-state index >= 15 is 0 Å². The van der Waals surface area contributed by atoms with Crippen LogP contribution < -0.4 is 0 Å². The lowest BCUT2D eigenvalue weighted by Crippen LogP contribution is -2.40. The molecule has 2 aliphatic carbocycles. The number of halogens is 1. The Morgan fingerprint density at radius 1 is 0.906 bits per heavy atom. The topological polar surface area (TPSA) is 87.1 Å². The highest BCUT2D eigenvalue weighted by Crippen LogP contribution is 2.48. The van der Waals surface area contributed by atoms with Gasteiger partial charge in [0.15, 0.2) is 6.61 Å². The third-order valence-corrected chi connectivity index (χ3v) is 12.8. The SMILES string of the molecule is CCC1([C@@H](O)CC=C[C@@H]2[C@@H](CC=CCCCC(=O)OCC(=O)N(C)CCCCCCCCCCCCCCCc3ccccc3)[C@H](Cl)C[C@H]2O)CCC1. The summed E-state index contributed by atoms with van der Waals surface area (Å²) in [5.74, 6) is -0.350. The summed E-state index contributed by atoms with van der Waals surface area (Å²) in [6, 6.07) is 10.8. The zero-order valence-corrected chi connectivity index (χ0v) is 34.2. The second-order valence-corrected chi connectivity index (χ2v) is 16.8. The van der Waals surface area contributed by atoms with Gasteiger partial charge in [0.2, 0.25) is 0 Å². The summed E-state index contributed by atoms with van der Waals surface area (Å²) in [5, 5.41) is 21.3. The number of esters is 1. The lowest BCUT2D eigenvalue weighted by atomic mass is 9.63. The van der Waals surface area contributed by atoms with Gasteiger partial charge in [0, 0.05) is 31.3 Å². The molecule has 1 aromatic carbocycles. The van der Waals surface area contributed by atoms with Crippen LogP contribution in [0.2, 0.25) is 0 Å². The molecule has 0 heterocycles. The number of hydrogen-bond donors (Lipinski definition) is 2. The van der Waals surface area contributed by atoms with E-state index in [9.17, 15) is 19.8 Å². The Morgan fingerprint density at radius 3 is 2.13 bits per heavy atom. The van der Waals surface area contributed by atoms with Crippen LogP contribution in [0.5, 0.6) is 0 Å². The highest BCUT2D eigenvalue weighted by molar-refractivity contribution is 6.21. The number of hydrogen-bond acceptors (Lipinski definition) is 5. The van der Waals surface area contributed by atoms with Gasteiger partial charge in [0.25, 0.3) is 5.91 Å². The minimum Gasteiger partial charge on any atom is -0.456 e. The van der Waals surface area contributed by atoms with Crippen LogP contribution in [0.4, 0.5) is 0 Å². The number of nitrogens with zero attached hydrogens (tertiary/aromatic N) is 1. The predicted molar refractivity (Wildman–Crippen MR) is 220 cm³/mol. The van der Waals surface area contributed by atoms with Gasteiger partial charge >= 0.3 is 5.97 Å². The molecule has 6 nitrogen and oxygen atoms in total. The molecule has 53 heavy (non-hydrogen) atoms. The van der Waals surface area contributed by atoms with Gasteiger partial charge in [-0.05, 0) is 87.5 Å². The minimum atomic E-state index is -0.462. The van der Waals surface area contributed by atoms with Crippen molar-refractivity contribution in [3.8, 4) is 0 Å². The molecule has 0 radical (unpaired) electrons. The number of rotatable bonds is 29. The number of benzene rings is 1. The first-order chi connectivity index (χ1) is 25.8. The highest BCUT2D eigenvalue weighted by atomic mass is 35.5. The summed E-state index contributed by atoms with van der Waals surface area (Å²) in [6.45, 7) is 2.68. The molecule has 7 heteroatoms. The average Bonchev–Trinajstić information content (AvgIpc) is 3.40. The third-order valence-electron chi connectivity index (χ3n) is 12.3. The van der Waals surface area contributed by atoms with E-state index in [4.69, 9.17) is 16.3 Å². The van der Waals surface area contributed by atoms with Gasteiger partial charge < -0.3 is 19.8 Å². The van der Waals surface area contributed by atoms with Crippen molar-refractivity contribution in [2.45, 2.75) is 179 Å². The van der Waals surface area contributed by atoms with Crippen LogP contribution >= 0.6 is 11.6 Å². The number of aliphatic hydroxyl groups is 2. The van der Waals surface area contributed by atoms with E-state index in [1.54, 1.807) is 11.9 Å². The normalized spacial score (nSPS) is 21.6. The molecule has 0 saturated heterocycles. The zero-order chi connectivity index (χ0) is 38.2. The number of likely N-dealkylation sites (N-methyl/N-ethyl adjacent to an activating group) is 1. The first-order valence-electron chi connectivity index (χ1n) is 21.5. The number of carbonyl (C=O) groups excluding carboxylic acids is 2. The van der Waals surface area contributed by atoms with Crippen molar-refractivity contribution in [2.75, 3.05) is 20.2 Å². The van der Waals surface area contributed by atoms with Crippen molar-refractivity contribution in [3.05, 3.63) is 60.2 Å². The summed E-state index contributed by atoms with van der Waals surface area (Å²) >= 11 is 6.63. The fraction of sp³-hybridized carbons (Fsp3) is 0.739. The molecule has 2 fully saturated rings. The van der Waals surface area contributed by atoms with E-state index in [1.165, 1.54) is 89.0 Å². The smallest absolute Gasteiger partial charge is 0.306 e. The molecule has 1 aromatic rings. The molecule has 1 amide bonds. The van der Waals surface area contributed by atoms with Crippen LogP contribution in [-0.2, 0) is 20.7 Å². The third kappa shape index (κ3) is 17.5. The monoisotopic (exact) mass is 756 g/mol. The van der Waals surface area contributed by atoms with Crippen molar-refractivity contribution in [1.82, 2.24) is 4.90 Å². The van der Waals surface area contributed by atoms with E-state index in [2.05, 4.69) is 61.6 Å². The van der Waals surface area contributed by atoms with Gasteiger partial charge in [-0.2, -0.15) is 0 Å². The zero-order valence-electron chi connectivity index (χ0n) is 33.4. The number of aryl methyl sites for hydroxylation is 1. The molecule has 3 rings (SSSR count). The average molecular weight is 757 g/mol. The fourth-order valence-corrected chi connectivity index (χ4v) is 8.74. The second-order valence-electron chi connectivity index (χ2n) is 16.2. The van der Waals surface area contributed by atoms with Gasteiger partial charge in [0.1, 0.15) is 0 Å². The Labute approximate surface area is 328 Å². The van der Waals surface area contributed by atoms with E-state index in [0.717, 1.165) is 44.9 Å².